The number of methoxy groups -OCH3 is 2. The van der Waals surface area contributed by atoms with E-state index in [4.69, 9.17) is 9.47 Å². The lowest BCUT2D eigenvalue weighted by Gasteiger charge is -2.14. The van der Waals surface area contributed by atoms with E-state index in [0.29, 0.717) is 17.5 Å². The first-order valence-electron chi connectivity index (χ1n) is 7.68. The number of nitrogens with one attached hydrogen (secondary N) is 2. The van der Waals surface area contributed by atoms with Crippen LogP contribution in [0.15, 0.2) is 22.5 Å². The Balaban J connectivity index is 0.00000392. The summed E-state index contributed by atoms with van der Waals surface area (Å²) in [6.07, 6.45) is -4.45. The quantitative estimate of drug-likeness (QED) is 0.301. The minimum Gasteiger partial charge on any atom is -0.502 e. The first-order valence-corrected chi connectivity index (χ1v) is 8.56. The number of phenolic OH excluding ortho intramolecular Hbond substituents is 1. The summed E-state index contributed by atoms with van der Waals surface area (Å²) in [5, 5.41) is 17.1. The van der Waals surface area contributed by atoms with Gasteiger partial charge in [-0.2, -0.15) is 13.2 Å². The molecule has 28 heavy (non-hydrogen) atoms. The van der Waals surface area contributed by atoms with Crippen LogP contribution in [0.25, 0.3) is 0 Å². The number of thiazole rings is 1. The van der Waals surface area contributed by atoms with E-state index in [9.17, 15) is 18.3 Å². The Labute approximate surface area is 181 Å². The molecule has 3 N–H and O–H groups in total. The third-order valence-corrected chi connectivity index (χ3v) is 4.32. The topological polar surface area (TPSA) is 88.0 Å². The van der Waals surface area contributed by atoms with E-state index in [-0.39, 0.29) is 47.8 Å². The fraction of sp³-hybridized carbons (Fsp3) is 0.375. The molecule has 0 unspecified atom stereocenters. The second kappa shape index (κ2) is 10.5. The number of ether oxygens (including phenoxy) is 2. The van der Waals surface area contributed by atoms with Gasteiger partial charge in [0.1, 0.15) is 5.01 Å². The maximum Gasteiger partial charge on any atom is 0.434 e. The molecule has 0 amide bonds. The summed E-state index contributed by atoms with van der Waals surface area (Å²) in [7, 11) is 4.39. The summed E-state index contributed by atoms with van der Waals surface area (Å²) in [6, 6.07) is 3.27. The van der Waals surface area contributed by atoms with Gasteiger partial charge in [-0.3, -0.25) is 4.99 Å². The summed E-state index contributed by atoms with van der Waals surface area (Å²) in [5.41, 5.74) is -0.159. The van der Waals surface area contributed by atoms with E-state index in [0.717, 1.165) is 22.3 Å². The molecule has 12 heteroatoms. The Morgan fingerprint density at radius 3 is 2.21 bits per heavy atom. The van der Waals surface area contributed by atoms with Crippen LogP contribution in [0.5, 0.6) is 17.2 Å². The molecule has 2 aromatic rings. The Hall–Kier alpha value is -1.96. The molecule has 0 saturated heterocycles. The van der Waals surface area contributed by atoms with E-state index < -0.39 is 11.9 Å². The van der Waals surface area contributed by atoms with Crippen LogP contribution in [0.1, 0.15) is 16.3 Å². The average molecular weight is 532 g/mol. The van der Waals surface area contributed by atoms with Crippen molar-refractivity contribution in [1.29, 1.82) is 0 Å². The molecule has 1 heterocycles. The summed E-state index contributed by atoms with van der Waals surface area (Å²) < 4.78 is 47.9. The number of halogens is 4. The lowest BCUT2D eigenvalue weighted by molar-refractivity contribution is -0.140. The molecule has 0 aliphatic heterocycles. The van der Waals surface area contributed by atoms with Gasteiger partial charge >= 0.3 is 6.18 Å². The minimum atomic E-state index is -4.45. The Morgan fingerprint density at radius 1 is 1.18 bits per heavy atom. The predicted molar refractivity (Wildman–Crippen MR) is 111 cm³/mol. The van der Waals surface area contributed by atoms with Crippen LogP contribution in [-0.4, -0.2) is 37.3 Å². The molecule has 0 bridgehead atoms. The normalized spacial score (nSPS) is 11.6. The number of guanidine groups is 1. The van der Waals surface area contributed by atoms with Crippen molar-refractivity contribution in [3.63, 3.8) is 0 Å². The minimum absolute atomic E-state index is 0. The SMILES string of the molecule is CN=C(NCc1cc(OC)c(O)c(OC)c1)NCc1nc(C(F)(F)F)cs1.I. The van der Waals surface area contributed by atoms with Crippen LogP contribution in [0, 0.1) is 0 Å². The highest BCUT2D eigenvalue weighted by Crippen LogP contribution is 2.37. The number of aromatic nitrogens is 1. The first-order chi connectivity index (χ1) is 12.8. The molecule has 156 valence electrons. The monoisotopic (exact) mass is 532 g/mol. The molecule has 1 aromatic carbocycles. The maximum absolute atomic E-state index is 12.6. The number of aliphatic imine (C=N–C) groups is 1. The number of alkyl halides is 3. The number of benzene rings is 1. The molecule has 0 aliphatic carbocycles. The van der Waals surface area contributed by atoms with Crippen molar-refractivity contribution in [2.45, 2.75) is 19.3 Å². The highest BCUT2D eigenvalue weighted by atomic mass is 127. The van der Waals surface area contributed by atoms with Crippen molar-refractivity contribution in [3.8, 4) is 17.2 Å². The predicted octanol–water partition coefficient (Wildman–Crippen LogP) is 3.37. The maximum atomic E-state index is 12.6. The van der Waals surface area contributed by atoms with Crippen molar-refractivity contribution in [3.05, 3.63) is 33.8 Å². The van der Waals surface area contributed by atoms with Gasteiger partial charge in [-0.1, -0.05) is 0 Å². The zero-order valence-electron chi connectivity index (χ0n) is 15.3. The van der Waals surface area contributed by atoms with Crippen LogP contribution < -0.4 is 20.1 Å². The van der Waals surface area contributed by atoms with Crippen molar-refractivity contribution >= 4 is 41.3 Å². The summed E-state index contributed by atoms with van der Waals surface area (Å²) in [4.78, 5) is 7.56. The molecule has 0 aliphatic rings. The van der Waals surface area contributed by atoms with E-state index in [1.807, 2.05) is 0 Å². The fourth-order valence-corrected chi connectivity index (χ4v) is 2.88. The highest BCUT2D eigenvalue weighted by molar-refractivity contribution is 14.0. The molecule has 0 atom stereocenters. The molecule has 2 rings (SSSR count). The third kappa shape index (κ3) is 6.29. The lowest BCUT2D eigenvalue weighted by atomic mass is 10.2. The van der Waals surface area contributed by atoms with E-state index >= 15 is 0 Å². The number of nitrogens with zero attached hydrogens (tertiary/aromatic N) is 2. The molecular formula is C16H20F3IN4O3S. The van der Waals surface area contributed by atoms with E-state index in [1.165, 1.54) is 21.3 Å². The molecule has 0 fully saturated rings. The van der Waals surface area contributed by atoms with Crippen LogP contribution in [-0.2, 0) is 19.3 Å². The van der Waals surface area contributed by atoms with Gasteiger partial charge < -0.3 is 25.2 Å². The van der Waals surface area contributed by atoms with Crippen LogP contribution in [0.3, 0.4) is 0 Å². The standard InChI is InChI=1S/C16H19F3N4O3S.HI/c1-20-15(22-7-13-23-12(8-27-13)16(17,18)19)21-6-9-4-10(25-2)14(24)11(5-9)26-3;/h4-5,8,24H,6-7H2,1-3H3,(H2,20,21,22);1H. The fourth-order valence-electron chi connectivity index (χ4n) is 2.14. The summed E-state index contributed by atoms with van der Waals surface area (Å²) in [5.74, 6) is 0.799. The van der Waals surface area contributed by atoms with E-state index in [1.54, 1.807) is 12.1 Å². The molecule has 0 saturated carbocycles. The zero-order chi connectivity index (χ0) is 20.0. The van der Waals surface area contributed by atoms with Crippen LogP contribution in [0.2, 0.25) is 0 Å². The smallest absolute Gasteiger partial charge is 0.434 e. The van der Waals surface area contributed by atoms with Gasteiger partial charge in [0.05, 0.1) is 20.8 Å². The number of phenols is 1. The van der Waals surface area contributed by atoms with Gasteiger partial charge in [0.15, 0.2) is 23.2 Å². The second-order valence-corrected chi connectivity index (χ2v) is 6.20. The molecule has 0 spiro atoms. The molecule has 7 nitrogen and oxygen atoms in total. The molecule has 1 aromatic heterocycles. The van der Waals surface area contributed by atoms with Crippen LogP contribution in [0.4, 0.5) is 13.2 Å². The lowest BCUT2D eigenvalue weighted by Crippen LogP contribution is -2.36. The first kappa shape index (κ1) is 24.1. The number of aromatic hydroxyl groups is 1. The van der Waals surface area contributed by atoms with Gasteiger partial charge in [-0.05, 0) is 17.7 Å². The van der Waals surface area contributed by atoms with Crippen LogP contribution >= 0.6 is 35.3 Å². The number of hydrogen-bond donors (Lipinski definition) is 3. The second-order valence-electron chi connectivity index (χ2n) is 5.25. The average Bonchev–Trinajstić information content (AvgIpc) is 3.12. The number of hydrogen-bond acceptors (Lipinski definition) is 6. The Bertz CT molecular complexity index is 790. The third-order valence-electron chi connectivity index (χ3n) is 3.47. The zero-order valence-corrected chi connectivity index (χ0v) is 18.4. The largest absolute Gasteiger partial charge is 0.502 e. The molecule has 0 radical (unpaired) electrons. The van der Waals surface area contributed by atoms with Crippen molar-refractivity contribution in [2.75, 3.05) is 21.3 Å². The van der Waals surface area contributed by atoms with E-state index in [2.05, 4.69) is 20.6 Å². The van der Waals surface area contributed by atoms with Gasteiger partial charge in [0.2, 0.25) is 5.75 Å². The van der Waals surface area contributed by atoms with Crippen molar-refractivity contribution in [2.24, 2.45) is 4.99 Å². The van der Waals surface area contributed by atoms with Crippen molar-refractivity contribution in [1.82, 2.24) is 15.6 Å². The Kier molecular flexibility index (Phi) is 9.07. The highest BCUT2D eigenvalue weighted by Gasteiger charge is 2.33. The number of rotatable bonds is 6. The molecular weight excluding hydrogens is 512 g/mol. The van der Waals surface area contributed by atoms with Gasteiger partial charge in [-0.25, -0.2) is 4.98 Å². The summed E-state index contributed by atoms with van der Waals surface area (Å²) in [6.45, 7) is 0.418. The summed E-state index contributed by atoms with van der Waals surface area (Å²) >= 11 is 0.918. The van der Waals surface area contributed by atoms with Gasteiger partial charge in [-0.15, -0.1) is 35.3 Å². The van der Waals surface area contributed by atoms with Crippen molar-refractivity contribution < 1.29 is 27.8 Å². The van der Waals surface area contributed by atoms with Gasteiger partial charge in [0.25, 0.3) is 0 Å². The Morgan fingerprint density at radius 2 is 1.75 bits per heavy atom. The van der Waals surface area contributed by atoms with Gasteiger partial charge in [0, 0.05) is 19.0 Å².